The number of hydrogen-bond acceptors (Lipinski definition) is 4. The lowest BCUT2D eigenvalue weighted by Crippen LogP contribution is -2.24. The van der Waals surface area contributed by atoms with Crippen molar-refractivity contribution in [3.63, 3.8) is 0 Å². The van der Waals surface area contributed by atoms with E-state index in [4.69, 9.17) is 5.73 Å². The SMILES string of the molecule is CCn1ncc2c(P(C)(C)=O)c(N)ccc2c1=O. The number of aryl methyl sites for hydroxylation is 1. The zero-order valence-electron chi connectivity index (χ0n) is 10.7. The summed E-state index contributed by atoms with van der Waals surface area (Å²) >= 11 is 0. The van der Waals surface area contributed by atoms with Crippen molar-refractivity contribution >= 4 is 28.9 Å². The molecule has 0 fully saturated rings. The Morgan fingerprint density at radius 1 is 1.33 bits per heavy atom. The van der Waals surface area contributed by atoms with Crippen LogP contribution in [0.1, 0.15) is 6.92 Å². The van der Waals surface area contributed by atoms with E-state index < -0.39 is 7.14 Å². The van der Waals surface area contributed by atoms with E-state index in [0.717, 1.165) is 0 Å². The highest BCUT2D eigenvalue weighted by molar-refractivity contribution is 7.71. The van der Waals surface area contributed by atoms with Crippen molar-refractivity contribution in [3.05, 3.63) is 28.7 Å². The van der Waals surface area contributed by atoms with E-state index in [1.807, 2.05) is 6.92 Å². The lowest BCUT2D eigenvalue weighted by atomic mass is 10.2. The molecule has 18 heavy (non-hydrogen) atoms. The molecule has 6 heteroatoms. The topological polar surface area (TPSA) is 78.0 Å². The lowest BCUT2D eigenvalue weighted by molar-refractivity contribution is 0.588. The highest BCUT2D eigenvalue weighted by Gasteiger charge is 2.20. The van der Waals surface area contributed by atoms with E-state index in [1.165, 1.54) is 4.68 Å². The number of benzene rings is 1. The molecule has 2 N–H and O–H groups in total. The molecule has 96 valence electrons. The molecule has 0 unspecified atom stereocenters. The number of nitrogens with two attached hydrogens (primary N) is 1. The van der Waals surface area contributed by atoms with Crippen LogP contribution in [-0.4, -0.2) is 23.1 Å². The first-order chi connectivity index (χ1) is 8.36. The second-order valence-electron chi connectivity index (χ2n) is 4.58. The summed E-state index contributed by atoms with van der Waals surface area (Å²) in [6, 6.07) is 3.30. The molecular weight excluding hydrogens is 249 g/mol. The summed E-state index contributed by atoms with van der Waals surface area (Å²) in [6.45, 7) is 5.64. The third-order valence-corrected chi connectivity index (χ3v) is 4.45. The number of anilines is 1. The van der Waals surface area contributed by atoms with E-state index in [9.17, 15) is 9.36 Å². The van der Waals surface area contributed by atoms with Gasteiger partial charge < -0.3 is 10.3 Å². The first-order valence-corrected chi connectivity index (χ1v) is 8.30. The molecule has 0 aliphatic rings. The fourth-order valence-corrected chi connectivity index (χ4v) is 3.54. The summed E-state index contributed by atoms with van der Waals surface area (Å²) < 4.78 is 13.7. The number of hydrogen-bond donors (Lipinski definition) is 1. The number of rotatable bonds is 2. The van der Waals surface area contributed by atoms with Crippen LogP contribution >= 0.6 is 7.14 Å². The van der Waals surface area contributed by atoms with Crippen LogP contribution < -0.4 is 16.6 Å². The van der Waals surface area contributed by atoms with Gasteiger partial charge in [-0.25, -0.2) is 4.68 Å². The maximum atomic E-state index is 12.3. The van der Waals surface area contributed by atoms with Crippen LogP contribution in [0.3, 0.4) is 0 Å². The van der Waals surface area contributed by atoms with Crippen LogP contribution in [0.5, 0.6) is 0 Å². The second-order valence-corrected chi connectivity index (χ2v) is 7.73. The molecule has 2 aromatic rings. The Balaban J connectivity index is 2.97. The van der Waals surface area contributed by atoms with Crippen molar-refractivity contribution in [2.75, 3.05) is 19.1 Å². The number of nitrogens with zero attached hydrogens (tertiary/aromatic N) is 2. The Kier molecular flexibility index (Phi) is 3.03. The first kappa shape index (κ1) is 12.8. The van der Waals surface area contributed by atoms with Gasteiger partial charge in [0.1, 0.15) is 7.14 Å². The minimum Gasteiger partial charge on any atom is -0.398 e. The van der Waals surface area contributed by atoms with Gasteiger partial charge in [0.15, 0.2) is 0 Å². The predicted molar refractivity (Wildman–Crippen MR) is 75.2 cm³/mol. The van der Waals surface area contributed by atoms with Gasteiger partial charge in [-0.1, -0.05) is 0 Å². The van der Waals surface area contributed by atoms with Crippen LogP contribution in [0.25, 0.3) is 10.8 Å². The van der Waals surface area contributed by atoms with Gasteiger partial charge in [0.25, 0.3) is 5.56 Å². The highest BCUT2D eigenvalue weighted by Crippen LogP contribution is 2.39. The molecule has 0 atom stereocenters. The molecule has 1 heterocycles. The Hall–Kier alpha value is -1.61. The van der Waals surface area contributed by atoms with Gasteiger partial charge in [-0.05, 0) is 32.4 Å². The molecular formula is C12H16N3O2P. The van der Waals surface area contributed by atoms with Crippen LogP contribution in [0.15, 0.2) is 23.1 Å². The minimum atomic E-state index is -2.56. The van der Waals surface area contributed by atoms with Crippen molar-refractivity contribution in [1.82, 2.24) is 9.78 Å². The van der Waals surface area contributed by atoms with Crippen LogP contribution in [0, 0.1) is 0 Å². The van der Waals surface area contributed by atoms with E-state index in [1.54, 1.807) is 31.7 Å². The fourth-order valence-electron chi connectivity index (χ4n) is 2.09. The Morgan fingerprint density at radius 2 is 2.00 bits per heavy atom. The molecule has 0 aliphatic heterocycles. The number of fused-ring (bicyclic) bond motifs is 1. The van der Waals surface area contributed by atoms with Gasteiger partial charge in [-0.3, -0.25) is 4.79 Å². The van der Waals surface area contributed by atoms with Crippen LogP contribution in [0.2, 0.25) is 0 Å². The van der Waals surface area contributed by atoms with Gasteiger partial charge in [-0.15, -0.1) is 0 Å². The first-order valence-electron chi connectivity index (χ1n) is 5.70. The second kappa shape index (κ2) is 4.25. The standard InChI is InChI=1S/C12H16N3O2P/c1-4-15-12(16)8-5-6-10(13)11(18(2,3)17)9(8)7-14-15/h5-7H,4,13H2,1-3H3. The normalized spacial score (nSPS) is 11.9. The monoisotopic (exact) mass is 265 g/mol. The van der Waals surface area contributed by atoms with Gasteiger partial charge in [0, 0.05) is 22.9 Å². The Morgan fingerprint density at radius 3 is 2.56 bits per heavy atom. The highest BCUT2D eigenvalue weighted by atomic mass is 31.2. The predicted octanol–water partition coefficient (Wildman–Crippen LogP) is 1.25. The molecule has 0 radical (unpaired) electrons. The number of aromatic nitrogens is 2. The summed E-state index contributed by atoms with van der Waals surface area (Å²) in [5.74, 6) is 0. The summed E-state index contributed by atoms with van der Waals surface area (Å²) in [5, 5.41) is 5.73. The maximum Gasteiger partial charge on any atom is 0.274 e. The average molecular weight is 265 g/mol. The van der Waals surface area contributed by atoms with Crippen molar-refractivity contribution in [2.45, 2.75) is 13.5 Å². The summed E-state index contributed by atoms with van der Waals surface area (Å²) in [6.07, 6.45) is 1.57. The third kappa shape index (κ3) is 1.95. The van der Waals surface area contributed by atoms with Crippen molar-refractivity contribution in [1.29, 1.82) is 0 Å². The minimum absolute atomic E-state index is 0.176. The Labute approximate surface area is 105 Å². The van der Waals surface area contributed by atoms with Gasteiger partial charge in [0.05, 0.1) is 11.6 Å². The molecule has 0 spiro atoms. The van der Waals surface area contributed by atoms with Gasteiger partial charge in [0.2, 0.25) is 0 Å². The van der Waals surface area contributed by atoms with E-state index in [0.29, 0.717) is 28.3 Å². The van der Waals surface area contributed by atoms with Gasteiger partial charge in [-0.2, -0.15) is 5.10 Å². The van der Waals surface area contributed by atoms with Crippen LogP contribution in [-0.2, 0) is 11.1 Å². The molecule has 5 nitrogen and oxygen atoms in total. The van der Waals surface area contributed by atoms with Crippen LogP contribution in [0.4, 0.5) is 5.69 Å². The third-order valence-electron chi connectivity index (χ3n) is 2.88. The maximum absolute atomic E-state index is 12.3. The summed E-state index contributed by atoms with van der Waals surface area (Å²) in [7, 11) is -2.56. The largest absolute Gasteiger partial charge is 0.398 e. The molecule has 0 amide bonds. The van der Waals surface area contributed by atoms with Crippen molar-refractivity contribution < 1.29 is 4.57 Å². The zero-order valence-corrected chi connectivity index (χ0v) is 11.6. The molecule has 0 saturated heterocycles. The van der Waals surface area contributed by atoms with E-state index in [-0.39, 0.29) is 5.56 Å². The van der Waals surface area contributed by atoms with E-state index >= 15 is 0 Å². The number of nitrogen functional groups attached to an aromatic ring is 1. The fraction of sp³-hybridized carbons (Fsp3) is 0.333. The smallest absolute Gasteiger partial charge is 0.274 e. The summed E-state index contributed by atoms with van der Waals surface area (Å²) in [5.41, 5.74) is 6.16. The molecule has 0 aliphatic carbocycles. The quantitative estimate of drug-likeness (QED) is 0.654. The van der Waals surface area contributed by atoms with Crippen molar-refractivity contribution in [3.8, 4) is 0 Å². The zero-order chi connectivity index (χ0) is 13.5. The molecule has 0 bridgehead atoms. The lowest BCUT2D eigenvalue weighted by Gasteiger charge is -2.14. The Bertz CT molecular complexity index is 715. The molecule has 1 aromatic heterocycles. The van der Waals surface area contributed by atoms with Gasteiger partial charge >= 0.3 is 0 Å². The van der Waals surface area contributed by atoms with E-state index in [2.05, 4.69) is 5.10 Å². The molecule has 1 aromatic carbocycles. The average Bonchev–Trinajstić information content (AvgIpc) is 2.27. The molecule has 0 saturated carbocycles. The van der Waals surface area contributed by atoms with Crippen molar-refractivity contribution in [2.24, 2.45) is 0 Å². The summed E-state index contributed by atoms with van der Waals surface area (Å²) in [4.78, 5) is 12.1. The molecule has 2 rings (SSSR count).